The van der Waals surface area contributed by atoms with Gasteiger partial charge in [-0.3, -0.25) is 4.79 Å². The van der Waals surface area contributed by atoms with Gasteiger partial charge < -0.3 is 9.64 Å². The molecule has 7 heteroatoms. The van der Waals surface area contributed by atoms with Crippen molar-refractivity contribution in [2.75, 3.05) is 20.2 Å². The number of ether oxygens (including phenoxy) is 1. The van der Waals surface area contributed by atoms with Crippen molar-refractivity contribution in [1.29, 1.82) is 0 Å². The lowest BCUT2D eigenvalue weighted by atomic mass is 10.1. The van der Waals surface area contributed by atoms with Crippen LogP contribution in [-0.4, -0.2) is 37.2 Å². The first kappa shape index (κ1) is 15.3. The number of alkyl halides is 3. The summed E-state index contributed by atoms with van der Waals surface area (Å²) < 4.78 is 56.1. The van der Waals surface area contributed by atoms with Gasteiger partial charge in [-0.1, -0.05) is 6.08 Å². The van der Waals surface area contributed by atoms with E-state index in [2.05, 4.69) is 0 Å². The fourth-order valence-corrected chi connectivity index (χ4v) is 2.08. The molecule has 1 aromatic carbocycles. The van der Waals surface area contributed by atoms with E-state index in [1.165, 1.54) is 24.1 Å². The summed E-state index contributed by atoms with van der Waals surface area (Å²) in [6.45, 7) is -0.269. The van der Waals surface area contributed by atoms with Gasteiger partial charge in [0.1, 0.15) is 11.6 Å². The second kappa shape index (κ2) is 5.75. The van der Waals surface area contributed by atoms with Gasteiger partial charge >= 0.3 is 6.18 Å². The average molecular weight is 303 g/mol. The van der Waals surface area contributed by atoms with Crippen LogP contribution in [0, 0.1) is 5.82 Å². The number of rotatable bonds is 2. The fraction of sp³-hybridized carbons (Fsp3) is 0.357. The molecule has 1 amide bonds. The molecule has 1 aromatic rings. The number of halogens is 4. The molecule has 0 bridgehead atoms. The van der Waals surface area contributed by atoms with Gasteiger partial charge in [0.05, 0.1) is 12.7 Å². The van der Waals surface area contributed by atoms with Crippen LogP contribution in [0.25, 0.3) is 0 Å². The molecule has 0 atom stereocenters. The summed E-state index contributed by atoms with van der Waals surface area (Å²) in [5, 5.41) is 0. The Balaban J connectivity index is 2.14. The van der Waals surface area contributed by atoms with Crippen molar-refractivity contribution >= 4 is 5.91 Å². The van der Waals surface area contributed by atoms with Crippen LogP contribution >= 0.6 is 0 Å². The summed E-state index contributed by atoms with van der Waals surface area (Å²) in [6, 6.07) is 3.75. The highest BCUT2D eigenvalue weighted by Gasteiger charge is 2.35. The first-order valence-corrected chi connectivity index (χ1v) is 6.22. The zero-order chi connectivity index (χ0) is 15.6. The van der Waals surface area contributed by atoms with E-state index in [-0.39, 0.29) is 30.8 Å². The number of nitrogens with zero attached hydrogens (tertiary/aromatic N) is 1. The largest absolute Gasteiger partial charge is 0.497 e. The van der Waals surface area contributed by atoms with Crippen molar-refractivity contribution < 1.29 is 27.1 Å². The number of carbonyl (C=O) groups is 1. The maximum Gasteiger partial charge on any atom is 0.412 e. The normalized spacial score (nSPS) is 15.7. The van der Waals surface area contributed by atoms with Gasteiger partial charge in [-0.2, -0.15) is 13.2 Å². The van der Waals surface area contributed by atoms with Gasteiger partial charge in [0.15, 0.2) is 0 Å². The second-order valence-electron chi connectivity index (χ2n) is 4.57. The smallest absolute Gasteiger partial charge is 0.412 e. The van der Waals surface area contributed by atoms with Gasteiger partial charge in [0.2, 0.25) is 0 Å². The van der Waals surface area contributed by atoms with Gasteiger partial charge in [0, 0.05) is 24.7 Å². The van der Waals surface area contributed by atoms with Crippen molar-refractivity contribution in [1.82, 2.24) is 4.90 Å². The van der Waals surface area contributed by atoms with E-state index in [4.69, 9.17) is 4.74 Å². The minimum atomic E-state index is -4.37. The van der Waals surface area contributed by atoms with Crippen LogP contribution < -0.4 is 4.74 Å². The van der Waals surface area contributed by atoms with E-state index in [1.54, 1.807) is 0 Å². The SMILES string of the molecule is COc1ccc(C(=O)N2CC=C(C(F)(F)F)CC2)c(F)c1. The van der Waals surface area contributed by atoms with Crippen molar-refractivity contribution in [3.63, 3.8) is 0 Å². The van der Waals surface area contributed by atoms with Gasteiger partial charge in [-0.05, 0) is 18.6 Å². The first-order chi connectivity index (χ1) is 9.82. The lowest BCUT2D eigenvalue weighted by molar-refractivity contribution is -0.0957. The van der Waals surface area contributed by atoms with Gasteiger partial charge in [-0.25, -0.2) is 4.39 Å². The molecule has 0 fully saturated rings. The van der Waals surface area contributed by atoms with Crippen LogP contribution in [0.4, 0.5) is 17.6 Å². The highest BCUT2D eigenvalue weighted by atomic mass is 19.4. The molecular weight excluding hydrogens is 290 g/mol. The Hall–Kier alpha value is -2.05. The molecule has 0 aliphatic carbocycles. The van der Waals surface area contributed by atoms with Crippen LogP contribution in [0.5, 0.6) is 5.75 Å². The van der Waals surface area contributed by atoms with E-state index in [1.807, 2.05) is 0 Å². The zero-order valence-corrected chi connectivity index (χ0v) is 11.2. The molecule has 1 aliphatic rings. The molecule has 0 N–H and O–H groups in total. The summed E-state index contributed by atoms with van der Waals surface area (Å²) in [5.74, 6) is -1.13. The Labute approximate surface area is 118 Å². The molecule has 114 valence electrons. The minimum absolute atomic E-state index is 0.0877. The lowest BCUT2D eigenvalue weighted by Crippen LogP contribution is -2.37. The first-order valence-electron chi connectivity index (χ1n) is 6.22. The summed E-state index contributed by atoms with van der Waals surface area (Å²) in [5.41, 5.74) is -0.832. The van der Waals surface area contributed by atoms with Crippen LogP contribution in [0.15, 0.2) is 29.8 Å². The van der Waals surface area contributed by atoms with E-state index < -0.39 is 23.5 Å². The third-order valence-electron chi connectivity index (χ3n) is 3.27. The topological polar surface area (TPSA) is 29.5 Å². The van der Waals surface area contributed by atoms with E-state index in [0.29, 0.717) is 0 Å². The predicted molar refractivity (Wildman–Crippen MR) is 67.6 cm³/mol. The van der Waals surface area contributed by atoms with Crippen LogP contribution in [0.1, 0.15) is 16.8 Å². The molecule has 0 radical (unpaired) electrons. The van der Waals surface area contributed by atoms with Crippen LogP contribution in [-0.2, 0) is 0 Å². The molecular formula is C14H13F4NO2. The molecule has 0 spiro atoms. The number of methoxy groups -OCH3 is 1. The predicted octanol–water partition coefficient (Wildman–Crippen LogP) is 3.17. The highest BCUT2D eigenvalue weighted by Crippen LogP contribution is 2.30. The quantitative estimate of drug-likeness (QED) is 0.620. The molecule has 0 saturated carbocycles. The summed E-state index contributed by atoms with van der Waals surface area (Å²) >= 11 is 0. The summed E-state index contributed by atoms with van der Waals surface area (Å²) in [6.07, 6.45) is -3.70. The summed E-state index contributed by atoms with van der Waals surface area (Å²) in [7, 11) is 1.37. The van der Waals surface area contributed by atoms with Crippen molar-refractivity contribution in [2.24, 2.45) is 0 Å². The maximum absolute atomic E-state index is 13.8. The number of benzene rings is 1. The van der Waals surface area contributed by atoms with Gasteiger partial charge in [-0.15, -0.1) is 0 Å². The van der Waals surface area contributed by atoms with E-state index in [0.717, 1.165) is 12.1 Å². The van der Waals surface area contributed by atoms with Crippen molar-refractivity contribution in [2.45, 2.75) is 12.6 Å². The Morgan fingerprint density at radius 2 is 2.05 bits per heavy atom. The molecule has 1 heterocycles. The second-order valence-corrected chi connectivity index (χ2v) is 4.57. The Bertz CT molecular complexity index is 581. The standard InChI is InChI=1S/C14H13F4NO2/c1-21-10-2-3-11(12(15)8-10)13(20)19-6-4-9(5-7-19)14(16,17)18/h2-4,8H,5-7H2,1H3. The molecule has 0 unspecified atom stereocenters. The number of amides is 1. The molecule has 0 aromatic heterocycles. The minimum Gasteiger partial charge on any atom is -0.497 e. The number of carbonyl (C=O) groups excluding carboxylic acids is 1. The lowest BCUT2D eigenvalue weighted by Gasteiger charge is -2.27. The Morgan fingerprint density at radius 3 is 2.52 bits per heavy atom. The molecule has 3 nitrogen and oxygen atoms in total. The van der Waals surface area contributed by atoms with E-state index >= 15 is 0 Å². The summed E-state index contributed by atoms with van der Waals surface area (Å²) in [4.78, 5) is 13.3. The number of hydrogen-bond acceptors (Lipinski definition) is 2. The van der Waals surface area contributed by atoms with E-state index in [9.17, 15) is 22.4 Å². The van der Waals surface area contributed by atoms with Crippen molar-refractivity contribution in [3.8, 4) is 5.75 Å². The molecule has 2 rings (SSSR count). The Morgan fingerprint density at radius 1 is 1.33 bits per heavy atom. The maximum atomic E-state index is 13.8. The zero-order valence-electron chi connectivity index (χ0n) is 11.2. The molecule has 21 heavy (non-hydrogen) atoms. The highest BCUT2D eigenvalue weighted by molar-refractivity contribution is 5.94. The van der Waals surface area contributed by atoms with Gasteiger partial charge in [0.25, 0.3) is 5.91 Å². The molecule has 0 saturated heterocycles. The molecule has 1 aliphatic heterocycles. The van der Waals surface area contributed by atoms with Crippen LogP contribution in [0.3, 0.4) is 0 Å². The third kappa shape index (κ3) is 3.34. The fourth-order valence-electron chi connectivity index (χ4n) is 2.08. The average Bonchev–Trinajstić information content (AvgIpc) is 2.45. The third-order valence-corrected chi connectivity index (χ3v) is 3.27. The van der Waals surface area contributed by atoms with Crippen LogP contribution in [0.2, 0.25) is 0 Å². The number of hydrogen-bond donors (Lipinski definition) is 0. The monoisotopic (exact) mass is 303 g/mol. The Kier molecular flexibility index (Phi) is 4.20. The van der Waals surface area contributed by atoms with Crippen molar-refractivity contribution in [3.05, 3.63) is 41.2 Å².